The van der Waals surface area contributed by atoms with Gasteiger partial charge in [0.2, 0.25) is 5.28 Å². The van der Waals surface area contributed by atoms with Gasteiger partial charge < -0.3 is 10.4 Å². The Balaban J connectivity index is 2.01. The van der Waals surface area contributed by atoms with E-state index in [4.69, 9.17) is 11.6 Å². The lowest BCUT2D eigenvalue weighted by Gasteiger charge is -2.26. The lowest BCUT2D eigenvalue weighted by atomic mass is 9.93. The summed E-state index contributed by atoms with van der Waals surface area (Å²) in [6.07, 6.45) is 4.36. The normalized spacial score (nSPS) is 23.7. The number of aliphatic hydroxyl groups excluding tert-OH is 1. The summed E-state index contributed by atoms with van der Waals surface area (Å²) in [6, 6.07) is 0.106. The maximum absolute atomic E-state index is 12.0. The van der Waals surface area contributed by atoms with Gasteiger partial charge in [0.25, 0.3) is 5.91 Å². The average Bonchev–Trinajstić information content (AvgIpc) is 2.35. The van der Waals surface area contributed by atoms with Crippen LogP contribution in [0.25, 0.3) is 0 Å². The highest BCUT2D eigenvalue weighted by Crippen LogP contribution is 2.19. The number of nitrogens with one attached hydrogen (secondary N) is 1. The van der Waals surface area contributed by atoms with Gasteiger partial charge in [-0.3, -0.25) is 4.79 Å². The quantitative estimate of drug-likeness (QED) is 0.798. The Labute approximate surface area is 111 Å². The number of aromatic nitrogens is 2. The molecular formula is C12H16ClN3O2. The first-order chi connectivity index (χ1) is 8.56. The Morgan fingerprint density at radius 3 is 2.78 bits per heavy atom. The van der Waals surface area contributed by atoms with Crippen molar-refractivity contribution in [1.29, 1.82) is 0 Å². The van der Waals surface area contributed by atoms with E-state index in [0.717, 1.165) is 25.7 Å². The number of hydrogen-bond donors (Lipinski definition) is 2. The molecule has 1 fully saturated rings. The van der Waals surface area contributed by atoms with Crippen molar-refractivity contribution < 1.29 is 9.90 Å². The lowest BCUT2D eigenvalue weighted by molar-refractivity contribution is 0.0862. The molecule has 0 saturated heterocycles. The Morgan fingerprint density at radius 2 is 2.11 bits per heavy atom. The van der Waals surface area contributed by atoms with Crippen LogP contribution in [-0.2, 0) is 0 Å². The van der Waals surface area contributed by atoms with Crippen LogP contribution in [0.5, 0.6) is 0 Å². The van der Waals surface area contributed by atoms with E-state index in [1.54, 1.807) is 6.92 Å². The summed E-state index contributed by atoms with van der Waals surface area (Å²) in [7, 11) is 0. The molecule has 2 N–H and O–H groups in total. The minimum Gasteiger partial charge on any atom is -0.393 e. The van der Waals surface area contributed by atoms with Gasteiger partial charge in [-0.25, -0.2) is 9.97 Å². The van der Waals surface area contributed by atoms with E-state index < -0.39 is 0 Å². The van der Waals surface area contributed by atoms with Crippen LogP contribution < -0.4 is 5.32 Å². The smallest absolute Gasteiger partial charge is 0.270 e. The van der Waals surface area contributed by atoms with Crippen LogP contribution >= 0.6 is 11.6 Å². The average molecular weight is 270 g/mol. The lowest BCUT2D eigenvalue weighted by Crippen LogP contribution is -2.39. The van der Waals surface area contributed by atoms with Gasteiger partial charge in [-0.1, -0.05) is 0 Å². The molecule has 1 aliphatic rings. The molecule has 0 bridgehead atoms. The third kappa shape index (κ3) is 3.17. The van der Waals surface area contributed by atoms with Crippen LogP contribution in [0.1, 0.15) is 41.7 Å². The second kappa shape index (κ2) is 5.63. The molecule has 0 aliphatic heterocycles. The van der Waals surface area contributed by atoms with Crippen molar-refractivity contribution in [2.75, 3.05) is 0 Å². The summed E-state index contributed by atoms with van der Waals surface area (Å²) in [5.74, 6) is -0.224. The van der Waals surface area contributed by atoms with Gasteiger partial charge in [0.05, 0.1) is 6.10 Å². The topological polar surface area (TPSA) is 75.1 Å². The van der Waals surface area contributed by atoms with Crippen molar-refractivity contribution >= 4 is 17.5 Å². The molecule has 1 amide bonds. The van der Waals surface area contributed by atoms with Crippen molar-refractivity contribution in [3.05, 3.63) is 22.7 Å². The molecular weight excluding hydrogens is 254 g/mol. The molecule has 1 heterocycles. The second-order valence-electron chi connectivity index (χ2n) is 4.65. The summed E-state index contributed by atoms with van der Waals surface area (Å²) in [5, 5.41) is 12.4. The zero-order valence-electron chi connectivity index (χ0n) is 10.2. The predicted octanol–water partition coefficient (Wildman–Crippen LogP) is 1.47. The highest BCUT2D eigenvalue weighted by molar-refractivity contribution is 6.28. The van der Waals surface area contributed by atoms with Gasteiger partial charge in [-0.2, -0.15) is 0 Å². The third-order valence-electron chi connectivity index (χ3n) is 3.19. The van der Waals surface area contributed by atoms with E-state index >= 15 is 0 Å². The van der Waals surface area contributed by atoms with E-state index in [2.05, 4.69) is 15.3 Å². The van der Waals surface area contributed by atoms with Crippen molar-refractivity contribution in [2.24, 2.45) is 0 Å². The first-order valence-corrected chi connectivity index (χ1v) is 6.42. The molecule has 5 nitrogen and oxygen atoms in total. The number of aryl methyl sites for hydroxylation is 1. The number of rotatable bonds is 2. The minimum absolute atomic E-state index is 0.0739. The highest BCUT2D eigenvalue weighted by atomic mass is 35.5. The predicted molar refractivity (Wildman–Crippen MR) is 67.5 cm³/mol. The van der Waals surface area contributed by atoms with Crippen LogP contribution in [0.15, 0.2) is 6.20 Å². The molecule has 18 heavy (non-hydrogen) atoms. The maximum Gasteiger partial charge on any atom is 0.270 e. The molecule has 0 atom stereocenters. The largest absolute Gasteiger partial charge is 0.393 e. The van der Waals surface area contributed by atoms with Crippen molar-refractivity contribution in [2.45, 2.75) is 44.8 Å². The summed E-state index contributed by atoms with van der Waals surface area (Å²) in [4.78, 5) is 19.8. The molecule has 98 valence electrons. The number of carbonyl (C=O) groups excluding carboxylic acids is 1. The Hall–Kier alpha value is -1.20. The first kappa shape index (κ1) is 13.2. The number of nitrogens with zero attached hydrogens (tertiary/aromatic N) is 2. The van der Waals surface area contributed by atoms with Crippen LogP contribution in [0.2, 0.25) is 5.28 Å². The van der Waals surface area contributed by atoms with Gasteiger partial charge >= 0.3 is 0 Å². The van der Waals surface area contributed by atoms with Crippen LogP contribution in [0, 0.1) is 6.92 Å². The summed E-state index contributed by atoms with van der Waals surface area (Å²) in [6.45, 7) is 1.77. The SMILES string of the molecule is Cc1cnc(Cl)nc1C(=O)N[C@H]1CC[C@H](O)CC1. The Morgan fingerprint density at radius 1 is 1.44 bits per heavy atom. The fraction of sp³-hybridized carbons (Fsp3) is 0.583. The minimum atomic E-state index is -0.228. The zero-order valence-corrected chi connectivity index (χ0v) is 10.9. The molecule has 1 aromatic rings. The van der Waals surface area contributed by atoms with Gasteiger partial charge in [0.1, 0.15) is 5.69 Å². The molecule has 0 radical (unpaired) electrons. The number of halogens is 1. The van der Waals surface area contributed by atoms with E-state index in [0.29, 0.717) is 11.3 Å². The highest BCUT2D eigenvalue weighted by Gasteiger charge is 2.22. The summed E-state index contributed by atoms with van der Waals surface area (Å²) >= 11 is 5.69. The number of carbonyl (C=O) groups is 1. The van der Waals surface area contributed by atoms with E-state index in [-0.39, 0.29) is 23.3 Å². The van der Waals surface area contributed by atoms with Crippen molar-refractivity contribution in [3.8, 4) is 0 Å². The fourth-order valence-corrected chi connectivity index (χ4v) is 2.26. The molecule has 0 unspecified atom stereocenters. The van der Waals surface area contributed by atoms with E-state index in [9.17, 15) is 9.90 Å². The number of hydrogen-bond acceptors (Lipinski definition) is 4. The molecule has 0 aromatic carbocycles. The van der Waals surface area contributed by atoms with Gasteiger partial charge in [0.15, 0.2) is 0 Å². The van der Waals surface area contributed by atoms with Crippen molar-refractivity contribution in [1.82, 2.24) is 15.3 Å². The molecule has 1 aliphatic carbocycles. The third-order valence-corrected chi connectivity index (χ3v) is 3.37. The molecule has 1 saturated carbocycles. The number of amides is 1. The number of aliphatic hydroxyl groups is 1. The summed E-state index contributed by atoms with van der Waals surface area (Å²) in [5.41, 5.74) is 1.02. The van der Waals surface area contributed by atoms with Crippen LogP contribution in [0.3, 0.4) is 0 Å². The van der Waals surface area contributed by atoms with Gasteiger partial charge in [-0.15, -0.1) is 0 Å². The van der Waals surface area contributed by atoms with E-state index in [1.165, 1.54) is 6.20 Å². The fourth-order valence-electron chi connectivity index (χ4n) is 2.12. The standard InChI is InChI=1S/C12H16ClN3O2/c1-7-6-14-12(13)16-10(7)11(18)15-8-2-4-9(17)5-3-8/h6,8-9,17H,2-5H2,1H3,(H,15,18)/t8-,9-. The Bertz CT molecular complexity index is 445. The first-order valence-electron chi connectivity index (χ1n) is 6.04. The molecule has 6 heteroatoms. The van der Waals surface area contributed by atoms with Crippen LogP contribution in [-0.4, -0.2) is 33.1 Å². The maximum atomic E-state index is 12.0. The monoisotopic (exact) mass is 269 g/mol. The second-order valence-corrected chi connectivity index (χ2v) is 4.99. The summed E-state index contributed by atoms with van der Waals surface area (Å²) < 4.78 is 0. The molecule has 1 aromatic heterocycles. The van der Waals surface area contributed by atoms with E-state index in [1.807, 2.05) is 0 Å². The molecule has 0 spiro atoms. The van der Waals surface area contributed by atoms with Crippen molar-refractivity contribution in [3.63, 3.8) is 0 Å². The Kier molecular flexibility index (Phi) is 4.14. The zero-order chi connectivity index (χ0) is 13.1. The van der Waals surface area contributed by atoms with Gasteiger partial charge in [-0.05, 0) is 49.8 Å². The van der Waals surface area contributed by atoms with Gasteiger partial charge in [0, 0.05) is 12.2 Å². The molecule has 2 rings (SSSR count). The van der Waals surface area contributed by atoms with Crippen LogP contribution in [0.4, 0.5) is 0 Å².